The van der Waals surface area contributed by atoms with Gasteiger partial charge >= 0.3 is 0 Å². The minimum absolute atomic E-state index is 0.0188. The van der Waals surface area contributed by atoms with Crippen LogP contribution in [0.2, 0.25) is 0 Å². The van der Waals surface area contributed by atoms with Crippen LogP contribution >= 0.6 is 0 Å². The third-order valence-corrected chi connectivity index (χ3v) is 4.14. The van der Waals surface area contributed by atoms with E-state index in [-0.39, 0.29) is 12.2 Å². The molecule has 5 nitrogen and oxygen atoms in total. The van der Waals surface area contributed by atoms with Crippen molar-refractivity contribution in [3.63, 3.8) is 0 Å². The minimum Gasteiger partial charge on any atom is -0.394 e. The first kappa shape index (κ1) is 18.5. The number of benzene rings is 1. The van der Waals surface area contributed by atoms with Gasteiger partial charge in [0.15, 0.2) is 0 Å². The molecule has 0 spiro atoms. The van der Waals surface area contributed by atoms with Crippen molar-refractivity contribution in [3.05, 3.63) is 58.4 Å². The highest BCUT2D eigenvalue weighted by molar-refractivity contribution is 6.02. The fraction of sp³-hybridized carbons (Fsp3) is 0.300. The molecule has 1 unspecified atom stereocenters. The van der Waals surface area contributed by atoms with E-state index < -0.39 is 11.9 Å². The topological polar surface area (TPSA) is 78.0 Å². The van der Waals surface area contributed by atoms with Crippen molar-refractivity contribution in [1.82, 2.24) is 9.88 Å². The lowest BCUT2D eigenvalue weighted by molar-refractivity contribution is -0.117. The predicted octanol–water partition coefficient (Wildman–Crippen LogP) is 2.81. The van der Waals surface area contributed by atoms with Crippen LogP contribution in [0.3, 0.4) is 0 Å². The van der Waals surface area contributed by atoms with E-state index in [1.54, 1.807) is 13.0 Å². The molecule has 130 valence electrons. The summed E-state index contributed by atoms with van der Waals surface area (Å²) in [6.45, 7) is 7.52. The number of nitrogens with zero attached hydrogens (tertiary/aromatic N) is 2. The Morgan fingerprint density at radius 3 is 2.64 bits per heavy atom. The van der Waals surface area contributed by atoms with Crippen LogP contribution < -0.4 is 5.32 Å². The highest BCUT2D eigenvalue weighted by atomic mass is 16.3. The van der Waals surface area contributed by atoms with Crippen molar-refractivity contribution in [1.29, 1.82) is 5.26 Å². The molecular formula is C20H23N3O2. The van der Waals surface area contributed by atoms with E-state index in [0.717, 1.165) is 28.2 Å². The van der Waals surface area contributed by atoms with Crippen LogP contribution in [0.4, 0.5) is 0 Å². The van der Waals surface area contributed by atoms with Gasteiger partial charge in [0.1, 0.15) is 11.6 Å². The summed E-state index contributed by atoms with van der Waals surface area (Å²) < 4.78 is 2.12. The molecule has 0 radical (unpaired) electrons. The van der Waals surface area contributed by atoms with Crippen LogP contribution in [-0.2, 0) is 4.79 Å². The zero-order chi connectivity index (χ0) is 18.6. The molecule has 5 heteroatoms. The number of aromatic nitrogens is 1. The van der Waals surface area contributed by atoms with Gasteiger partial charge in [-0.3, -0.25) is 4.79 Å². The normalized spacial score (nSPS) is 12.6. The number of rotatable bonds is 5. The van der Waals surface area contributed by atoms with Crippen LogP contribution in [0, 0.1) is 32.1 Å². The Morgan fingerprint density at radius 2 is 2.04 bits per heavy atom. The quantitative estimate of drug-likeness (QED) is 0.650. The van der Waals surface area contributed by atoms with Crippen molar-refractivity contribution >= 4 is 12.0 Å². The molecule has 0 saturated carbocycles. The van der Waals surface area contributed by atoms with Gasteiger partial charge in [-0.25, -0.2) is 0 Å². The molecule has 0 fully saturated rings. The number of nitriles is 1. The third kappa shape index (κ3) is 3.98. The number of carbonyl (C=O) groups is 1. The number of aryl methyl sites for hydroxylation is 2. The average Bonchev–Trinajstić information content (AvgIpc) is 2.86. The van der Waals surface area contributed by atoms with Gasteiger partial charge in [0.05, 0.1) is 6.61 Å². The lowest BCUT2D eigenvalue weighted by atomic mass is 10.1. The molecule has 0 aliphatic rings. The number of nitrogens with one attached hydrogen (secondary N) is 1. The largest absolute Gasteiger partial charge is 0.394 e. The Labute approximate surface area is 148 Å². The van der Waals surface area contributed by atoms with E-state index in [0.29, 0.717) is 0 Å². The zero-order valence-electron chi connectivity index (χ0n) is 15.0. The summed E-state index contributed by atoms with van der Waals surface area (Å²) in [6, 6.07) is 11.6. The lowest BCUT2D eigenvalue weighted by Crippen LogP contribution is -2.35. The average molecular weight is 337 g/mol. The standard InChI is InChI=1S/C20H23N3O2/c1-13-7-5-6-8-19(13)23-15(3)9-17(16(23)4)10-18(11-21)20(25)22-14(2)12-24/h5-10,14,24H,12H2,1-4H3,(H,22,25)/b18-10+. The molecule has 0 saturated heterocycles. The number of hydrogen-bond donors (Lipinski definition) is 2. The molecule has 0 bridgehead atoms. The number of amides is 1. The zero-order valence-corrected chi connectivity index (χ0v) is 15.0. The van der Waals surface area contributed by atoms with Gasteiger partial charge < -0.3 is 15.0 Å². The third-order valence-electron chi connectivity index (χ3n) is 4.14. The van der Waals surface area contributed by atoms with Gasteiger partial charge in [-0.2, -0.15) is 5.26 Å². The molecule has 0 aliphatic heterocycles. The second kappa shape index (κ2) is 7.82. The SMILES string of the molecule is Cc1ccccc1-n1c(C)cc(/C=C(\C#N)C(=O)NC(C)CO)c1C. The second-order valence-electron chi connectivity index (χ2n) is 6.18. The first-order valence-corrected chi connectivity index (χ1v) is 8.17. The molecule has 1 aromatic carbocycles. The molecule has 2 N–H and O–H groups in total. The summed E-state index contributed by atoms with van der Waals surface area (Å²) >= 11 is 0. The molecule has 25 heavy (non-hydrogen) atoms. The van der Waals surface area contributed by atoms with Gasteiger partial charge in [0, 0.05) is 23.1 Å². The maximum absolute atomic E-state index is 12.2. The first-order valence-electron chi connectivity index (χ1n) is 8.17. The van der Waals surface area contributed by atoms with Crippen LogP contribution in [0.15, 0.2) is 35.9 Å². The maximum Gasteiger partial charge on any atom is 0.262 e. The first-order chi connectivity index (χ1) is 11.9. The summed E-state index contributed by atoms with van der Waals surface area (Å²) in [5, 5.41) is 21.0. The number of carbonyl (C=O) groups excluding carboxylic acids is 1. The number of aliphatic hydroxyl groups is 1. The number of para-hydroxylation sites is 1. The molecular weight excluding hydrogens is 314 g/mol. The molecule has 1 atom stereocenters. The van der Waals surface area contributed by atoms with Crippen molar-refractivity contribution in [2.24, 2.45) is 0 Å². The van der Waals surface area contributed by atoms with Gasteiger partial charge in [0.2, 0.25) is 0 Å². The maximum atomic E-state index is 12.2. The van der Waals surface area contributed by atoms with Crippen molar-refractivity contribution < 1.29 is 9.90 Å². The fourth-order valence-electron chi connectivity index (χ4n) is 2.77. The van der Waals surface area contributed by atoms with E-state index in [2.05, 4.69) is 9.88 Å². The Morgan fingerprint density at radius 1 is 1.36 bits per heavy atom. The van der Waals surface area contributed by atoms with Crippen molar-refractivity contribution in [3.8, 4) is 11.8 Å². The van der Waals surface area contributed by atoms with Gasteiger partial charge in [-0.05, 0) is 57.0 Å². The van der Waals surface area contributed by atoms with E-state index in [9.17, 15) is 10.1 Å². The molecule has 1 amide bonds. The van der Waals surface area contributed by atoms with Crippen LogP contribution in [0.1, 0.15) is 29.4 Å². The Kier molecular flexibility index (Phi) is 5.79. The Bertz CT molecular complexity index is 856. The summed E-state index contributed by atoms with van der Waals surface area (Å²) in [5.41, 5.74) is 5.06. The molecule has 0 aliphatic carbocycles. The van der Waals surface area contributed by atoms with Gasteiger partial charge in [-0.15, -0.1) is 0 Å². The second-order valence-corrected chi connectivity index (χ2v) is 6.18. The Hall–Kier alpha value is -2.84. The summed E-state index contributed by atoms with van der Waals surface area (Å²) in [7, 11) is 0. The highest BCUT2D eigenvalue weighted by Crippen LogP contribution is 2.24. The van der Waals surface area contributed by atoms with Crippen LogP contribution in [0.5, 0.6) is 0 Å². The monoisotopic (exact) mass is 337 g/mol. The lowest BCUT2D eigenvalue weighted by Gasteiger charge is -2.12. The van der Waals surface area contributed by atoms with E-state index in [1.807, 2.05) is 57.2 Å². The minimum atomic E-state index is -0.482. The van der Waals surface area contributed by atoms with Crippen molar-refractivity contribution in [2.75, 3.05) is 6.61 Å². The van der Waals surface area contributed by atoms with Crippen molar-refractivity contribution in [2.45, 2.75) is 33.7 Å². The highest BCUT2D eigenvalue weighted by Gasteiger charge is 2.15. The molecule has 2 rings (SSSR count). The molecule has 1 heterocycles. The van der Waals surface area contributed by atoms with Gasteiger partial charge in [-0.1, -0.05) is 18.2 Å². The van der Waals surface area contributed by atoms with E-state index in [1.165, 1.54) is 0 Å². The van der Waals surface area contributed by atoms with Gasteiger partial charge in [0.25, 0.3) is 5.91 Å². The molecule has 2 aromatic rings. The van der Waals surface area contributed by atoms with E-state index in [4.69, 9.17) is 5.11 Å². The number of hydrogen-bond acceptors (Lipinski definition) is 3. The smallest absolute Gasteiger partial charge is 0.262 e. The summed E-state index contributed by atoms with van der Waals surface area (Å²) in [5.74, 6) is -0.482. The van der Waals surface area contributed by atoms with Crippen LogP contribution in [-0.4, -0.2) is 28.2 Å². The number of aliphatic hydroxyl groups excluding tert-OH is 1. The fourth-order valence-corrected chi connectivity index (χ4v) is 2.77. The predicted molar refractivity (Wildman–Crippen MR) is 98.3 cm³/mol. The van der Waals surface area contributed by atoms with Crippen LogP contribution in [0.25, 0.3) is 11.8 Å². The summed E-state index contributed by atoms with van der Waals surface area (Å²) in [6.07, 6.45) is 1.59. The molecule has 1 aromatic heterocycles. The Balaban J connectivity index is 2.44. The summed E-state index contributed by atoms with van der Waals surface area (Å²) in [4.78, 5) is 12.2. The van der Waals surface area contributed by atoms with E-state index >= 15 is 0 Å².